The molecule has 1 fully saturated rings. The van der Waals surface area contributed by atoms with Gasteiger partial charge < -0.3 is 15.1 Å². The summed E-state index contributed by atoms with van der Waals surface area (Å²) in [6.07, 6.45) is 2.95. The fourth-order valence-electron chi connectivity index (χ4n) is 2.78. The molecule has 1 amide bonds. The number of amides is 1. The summed E-state index contributed by atoms with van der Waals surface area (Å²) in [5.41, 5.74) is 1.72. The quantitative estimate of drug-likeness (QED) is 0.846. The van der Waals surface area contributed by atoms with Crippen molar-refractivity contribution in [1.29, 1.82) is 5.26 Å². The van der Waals surface area contributed by atoms with E-state index in [2.05, 4.69) is 30.3 Å². The van der Waals surface area contributed by atoms with Crippen LogP contribution in [0.25, 0.3) is 0 Å². The number of nitrogens with one attached hydrogen (secondary N) is 1. The number of rotatable bonds is 5. The number of benzene rings is 1. The average molecular weight is 300 g/mol. The maximum absolute atomic E-state index is 12.4. The van der Waals surface area contributed by atoms with E-state index in [1.54, 1.807) is 4.90 Å². The number of anilines is 1. The maximum atomic E-state index is 12.4. The summed E-state index contributed by atoms with van der Waals surface area (Å²) in [6, 6.07) is 7.75. The summed E-state index contributed by atoms with van der Waals surface area (Å²) >= 11 is 0. The monoisotopic (exact) mass is 300 g/mol. The molecule has 22 heavy (non-hydrogen) atoms. The Bertz CT molecular complexity index is 564. The van der Waals surface area contributed by atoms with Crippen LogP contribution in [0.3, 0.4) is 0 Å². The largest absolute Gasteiger partial charge is 0.374 e. The van der Waals surface area contributed by atoms with E-state index >= 15 is 0 Å². The van der Waals surface area contributed by atoms with E-state index in [1.807, 2.05) is 31.3 Å². The Morgan fingerprint density at radius 1 is 1.55 bits per heavy atom. The SMILES string of the molecule is CC(C)CN(C)c1cccc(C(=O)N[C@@H]2CCN(C#N)C2)c1. The van der Waals surface area contributed by atoms with Crippen molar-refractivity contribution >= 4 is 11.6 Å². The zero-order chi connectivity index (χ0) is 16.1. The highest BCUT2D eigenvalue weighted by Gasteiger charge is 2.23. The Balaban J connectivity index is 2.00. The molecule has 118 valence electrons. The third-order valence-corrected chi connectivity index (χ3v) is 3.85. The molecule has 0 unspecified atom stereocenters. The fourth-order valence-corrected chi connectivity index (χ4v) is 2.78. The van der Waals surface area contributed by atoms with Crippen molar-refractivity contribution < 1.29 is 4.79 Å². The number of nitrogens with zero attached hydrogens (tertiary/aromatic N) is 3. The Morgan fingerprint density at radius 2 is 2.32 bits per heavy atom. The standard InChI is InChI=1S/C17H24N4O/c1-13(2)10-20(3)16-6-4-5-14(9-16)17(22)19-15-7-8-21(11-15)12-18/h4-6,9,13,15H,7-8,10-11H2,1-3H3,(H,19,22)/t15-/m1/s1. The molecule has 5 heteroatoms. The minimum Gasteiger partial charge on any atom is -0.374 e. The second-order valence-corrected chi connectivity index (χ2v) is 6.33. The Kier molecular flexibility index (Phi) is 5.26. The third kappa shape index (κ3) is 4.14. The van der Waals surface area contributed by atoms with Gasteiger partial charge in [-0.3, -0.25) is 4.79 Å². The minimum absolute atomic E-state index is 0.0594. The van der Waals surface area contributed by atoms with Crippen LogP contribution >= 0.6 is 0 Å². The van der Waals surface area contributed by atoms with E-state index in [0.717, 1.165) is 25.2 Å². The van der Waals surface area contributed by atoms with Crippen molar-refractivity contribution in [2.75, 3.05) is 31.6 Å². The highest BCUT2D eigenvalue weighted by atomic mass is 16.1. The molecule has 1 aromatic carbocycles. The summed E-state index contributed by atoms with van der Waals surface area (Å²) in [7, 11) is 2.04. The molecule has 0 aliphatic carbocycles. The number of hydrogen-bond donors (Lipinski definition) is 1. The lowest BCUT2D eigenvalue weighted by molar-refractivity contribution is 0.0939. The molecule has 1 atom stereocenters. The van der Waals surface area contributed by atoms with Crippen molar-refractivity contribution in [1.82, 2.24) is 10.2 Å². The van der Waals surface area contributed by atoms with Crippen LogP contribution in [-0.4, -0.2) is 43.5 Å². The van der Waals surface area contributed by atoms with Crippen LogP contribution in [-0.2, 0) is 0 Å². The lowest BCUT2D eigenvalue weighted by Crippen LogP contribution is -2.36. The van der Waals surface area contributed by atoms with Gasteiger partial charge in [-0.25, -0.2) is 0 Å². The summed E-state index contributed by atoms with van der Waals surface area (Å²) in [5.74, 6) is 0.502. The van der Waals surface area contributed by atoms with Gasteiger partial charge >= 0.3 is 0 Å². The van der Waals surface area contributed by atoms with E-state index in [4.69, 9.17) is 5.26 Å². The molecule has 2 rings (SSSR count). The first-order chi connectivity index (χ1) is 10.5. The molecule has 0 spiro atoms. The maximum Gasteiger partial charge on any atom is 0.251 e. The summed E-state index contributed by atoms with van der Waals surface area (Å²) in [6.45, 7) is 6.63. The Hall–Kier alpha value is -2.22. The first-order valence-corrected chi connectivity index (χ1v) is 7.76. The highest BCUT2D eigenvalue weighted by Crippen LogP contribution is 2.17. The smallest absolute Gasteiger partial charge is 0.251 e. The van der Waals surface area contributed by atoms with Gasteiger partial charge in [0.25, 0.3) is 5.91 Å². The van der Waals surface area contributed by atoms with Crippen LogP contribution in [0.5, 0.6) is 0 Å². The summed E-state index contributed by atoms with van der Waals surface area (Å²) < 4.78 is 0. The van der Waals surface area contributed by atoms with Crippen molar-refractivity contribution in [2.24, 2.45) is 5.92 Å². The Labute approximate surface area is 132 Å². The van der Waals surface area contributed by atoms with Crippen LogP contribution in [0.4, 0.5) is 5.69 Å². The Morgan fingerprint density at radius 3 is 2.95 bits per heavy atom. The van der Waals surface area contributed by atoms with Gasteiger partial charge in [0.15, 0.2) is 6.19 Å². The molecular formula is C17H24N4O. The van der Waals surface area contributed by atoms with Gasteiger partial charge in [-0.2, -0.15) is 5.26 Å². The normalized spacial score (nSPS) is 17.4. The topological polar surface area (TPSA) is 59.4 Å². The van der Waals surface area contributed by atoms with Gasteiger partial charge in [0.1, 0.15) is 0 Å². The number of likely N-dealkylation sites (tertiary alicyclic amines) is 1. The molecule has 1 N–H and O–H groups in total. The molecule has 1 heterocycles. The predicted octanol–water partition coefficient (Wildman–Crippen LogP) is 2.06. The van der Waals surface area contributed by atoms with Crippen molar-refractivity contribution in [3.8, 4) is 6.19 Å². The van der Waals surface area contributed by atoms with Crippen LogP contribution in [0.15, 0.2) is 24.3 Å². The van der Waals surface area contributed by atoms with Crippen LogP contribution < -0.4 is 10.2 Å². The molecule has 1 aromatic rings. The van der Waals surface area contributed by atoms with E-state index in [-0.39, 0.29) is 11.9 Å². The fraction of sp³-hybridized carbons (Fsp3) is 0.529. The zero-order valence-corrected chi connectivity index (χ0v) is 13.5. The number of hydrogen-bond acceptors (Lipinski definition) is 4. The average Bonchev–Trinajstić information content (AvgIpc) is 2.94. The van der Waals surface area contributed by atoms with Crippen molar-refractivity contribution in [2.45, 2.75) is 26.3 Å². The van der Waals surface area contributed by atoms with Gasteiger partial charge in [-0.05, 0) is 30.5 Å². The number of nitriles is 1. The summed E-state index contributed by atoms with van der Waals surface area (Å²) in [4.78, 5) is 16.2. The van der Waals surface area contributed by atoms with Gasteiger partial charge in [0.05, 0.1) is 0 Å². The predicted molar refractivity (Wildman–Crippen MR) is 87.6 cm³/mol. The van der Waals surface area contributed by atoms with Crippen LogP contribution in [0, 0.1) is 17.4 Å². The van der Waals surface area contributed by atoms with Gasteiger partial charge in [-0.15, -0.1) is 0 Å². The first kappa shape index (κ1) is 16.2. The second-order valence-electron chi connectivity index (χ2n) is 6.33. The molecule has 1 saturated heterocycles. The highest BCUT2D eigenvalue weighted by molar-refractivity contribution is 5.95. The third-order valence-electron chi connectivity index (χ3n) is 3.85. The summed E-state index contributed by atoms with van der Waals surface area (Å²) in [5, 5.41) is 11.9. The van der Waals surface area contributed by atoms with E-state index < -0.39 is 0 Å². The molecule has 5 nitrogen and oxygen atoms in total. The minimum atomic E-state index is -0.0652. The van der Waals surface area contributed by atoms with Crippen molar-refractivity contribution in [3.63, 3.8) is 0 Å². The van der Waals surface area contributed by atoms with Gasteiger partial charge in [-0.1, -0.05) is 19.9 Å². The van der Waals surface area contributed by atoms with E-state index in [1.165, 1.54) is 0 Å². The molecular weight excluding hydrogens is 276 g/mol. The molecule has 0 saturated carbocycles. The lowest BCUT2D eigenvalue weighted by atomic mass is 10.1. The number of carbonyl (C=O) groups is 1. The van der Waals surface area contributed by atoms with Crippen molar-refractivity contribution in [3.05, 3.63) is 29.8 Å². The zero-order valence-electron chi connectivity index (χ0n) is 13.5. The molecule has 0 radical (unpaired) electrons. The van der Waals surface area contributed by atoms with Crippen LogP contribution in [0.2, 0.25) is 0 Å². The lowest BCUT2D eigenvalue weighted by Gasteiger charge is -2.22. The van der Waals surface area contributed by atoms with E-state index in [0.29, 0.717) is 18.0 Å². The van der Waals surface area contributed by atoms with E-state index in [9.17, 15) is 4.79 Å². The first-order valence-electron chi connectivity index (χ1n) is 7.76. The molecule has 1 aliphatic rings. The second kappa shape index (κ2) is 7.17. The molecule has 1 aliphatic heterocycles. The van der Waals surface area contributed by atoms with Gasteiger partial charge in [0.2, 0.25) is 0 Å². The number of carbonyl (C=O) groups excluding carboxylic acids is 1. The van der Waals surface area contributed by atoms with Gasteiger partial charge in [0, 0.05) is 44.0 Å². The molecule has 0 aromatic heterocycles. The molecule has 0 bridgehead atoms. The van der Waals surface area contributed by atoms with Crippen LogP contribution in [0.1, 0.15) is 30.6 Å².